The smallest absolute Gasteiger partial charge is 0.306 e. The molecule has 1 amide bonds. The SMILES string of the molecule is Cc1cccc(-n2nnc(C(=O)N[C@H]3CC[C@@H](C(=O)O)C3)c2C)c1. The summed E-state index contributed by atoms with van der Waals surface area (Å²) in [7, 11) is 0. The van der Waals surface area contributed by atoms with Crippen LogP contribution in [0.3, 0.4) is 0 Å². The van der Waals surface area contributed by atoms with E-state index in [1.165, 1.54) is 0 Å². The number of nitrogens with one attached hydrogen (secondary N) is 1. The van der Waals surface area contributed by atoms with Gasteiger partial charge in [0.2, 0.25) is 0 Å². The number of carbonyl (C=O) groups is 2. The van der Waals surface area contributed by atoms with E-state index in [0.29, 0.717) is 25.0 Å². The number of carboxylic acids is 1. The molecule has 0 spiro atoms. The van der Waals surface area contributed by atoms with Crippen LogP contribution < -0.4 is 5.32 Å². The van der Waals surface area contributed by atoms with Gasteiger partial charge in [-0.15, -0.1) is 5.10 Å². The maximum atomic E-state index is 12.4. The summed E-state index contributed by atoms with van der Waals surface area (Å²) >= 11 is 0. The summed E-state index contributed by atoms with van der Waals surface area (Å²) in [5.74, 6) is -1.48. The lowest BCUT2D eigenvalue weighted by molar-refractivity contribution is -0.141. The van der Waals surface area contributed by atoms with Crippen LogP contribution in [0, 0.1) is 19.8 Å². The molecular formula is C17H20N4O3. The number of benzene rings is 1. The zero-order valence-corrected chi connectivity index (χ0v) is 13.7. The number of aryl methyl sites for hydroxylation is 1. The van der Waals surface area contributed by atoms with Gasteiger partial charge >= 0.3 is 5.97 Å². The Hall–Kier alpha value is -2.70. The predicted molar refractivity (Wildman–Crippen MR) is 87.1 cm³/mol. The van der Waals surface area contributed by atoms with E-state index in [0.717, 1.165) is 11.3 Å². The van der Waals surface area contributed by atoms with Crippen molar-refractivity contribution in [2.24, 2.45) is 5.92 Å². The Labute approximate surface area is 139 Å². The molecule has 1 saturated carbocycles. The quantitative estimate of drug-likeness (QED) is 0.893. The molecule has 0 aliphatic heterocycles. The molecule has 2 aromatic rings. The predicted octanol–water partition coefficient (Wildman–Crippen LogP) is 1.87. The van der Waals surface area contributed by atoms with Crippen molar-refractivity contribution in [3.05, 3.63) is 41.2 Å². The van der Waals surface area contributed by atoms with Crippen LogP contribution in [-0.4, -0.2) is 38.0 Å². The lowest BCUT2D eigenvalue weighted by atomic mass is 10.1. The average molecular weight is 328 g/mol. The molecule has 1 aliphatic carbocycles. The molecule has 1 aliphatic rings. The van der Waals surface area contributed by atoms with E-state index in [-0.39, 0.29) is 23.6 Å². The molecule has 3 rings (SSSR count). The van der Waals surface area contributed by atoms with Crippen molar-refractivity contribution in [2.45, 2.75) is 39.2 Å². The molecule has 2 atom stereocenters. The van der Waals surface area contributed by atoms with Crippen LogP contribution in [0.1, 0.15) is 41.0 Å². The van der Waals surface area contributed by atoms with Gasteiger partial charge in [0.1, 0.15) is 0 Å². The number of hydrogen-bond donors (Lipinski definition) is 2. The number of carboxylic acid groups (broad SMARTS) is 1. The third-order valence-electron chi connectivity index (χ3n) is 4.47. The molecule has 7 heteroatoms. The van der Waals surface area contributed by atoms with Crippen molar-refractivity contribution in [1.82, 2.24) is 20.3 Å². The van der Waals surface area contributed by atoms with Crippen LogP contribution in [0.2, 0.25) is 0 Å². The fourth-order valence-corrected chi connectivity index (χ4v) is 3.13. The highest BCUT2D eigenvalue weighted by atomic mass is 16.4. The maximum Gasteiger partial charge on any atom is 0.306 e. The first-order valence-corrected chi connectivity index (χ1v) is 7.98. The van der Waals surface area contributed by atoms with Crippen molar-refractivity contribution in [1.29, 1.82) is 0 Å². The van der Waals surface area contributed by atoms with Gasteiger partial charge in [0.05, 0.1) is 17.3 Å². The van der Waals surface area contributed by atoms with Gasteiger partial charge in [0.15, 0.2) is 5.69 Å². The summed E-state index contributed by atoms with van der Waals surface area (Å²) in [5, 5.41) is 20.0. The Balaban J connectivity index is 1.74. The molecule has 126 valence electrons. The van der Waals surface area contributed by atoms with Crippen LogP contribution in [0.15, 0.2) is 24.3 Å². The highest BCUT2D eigenvalue weighted by Gasteiger charge is 2.31. The first kappa shape index (κ1) is 16.2. The van der Waals surface area contributed by atoms with Gasteiger partial charge < -0.3 is 10.4 Å². The molecule has 0 bridgehead atoms. The minimum absolute atomic E-state index is 0.123. The van der Waals surface area contributed by atoms with E-state index in [9.17, 15) is 9.59 Å². The second-order valence-corrected chi connectivity index (χ2v) is 6.29. The second-order valence-electron chi connectivity index (χ2n) is 6.29. The fourth-order valence-electron chi connectivity index (χ4n) is 3.13. The van der Waals surface area contributed by atoms with E-state index in [1.54, 1.807) is 11.6 Å². The highest BCUT2D eigenvalue weighted by molar-refractivity contribution is 5.93. The van der Waals surface area contributed by atoms with Crippen LogP contribution in [0.4, 0.5) is 0 Å². The first-order valence-electron chi connectivity index (χ1n) is 7.98. The van der Waals surface area contributed by atoms with Crippen LogP contribution in [0.5, 0.6) is 0 Å². The van der Waals surface area contributed by atoms with E-state index >= 15 is 0 Å². The standard InChI is InChI=1S/C17H20N4O3/c1-10-4-3-5-14(8-10)21-11(2)15(19-20-21)16(22)18-13-7-6-12(9-13)17(23)24/h3-5,8,12-13H,6-7,9H2,1-2H3,(H,18,22)(H,23,24)/t12-,13+/m1/s1. The average Bonchev–Trinajstić information content (AvgIpc) is 3.14. The molecule has 0 radical (unpaired) electrons. The zero-order valence-electron chi connectivity index (χ0n) is 13.7. The minimum atomic E-state index is -0.798. The van der Waals surface area contributed by atoms with Crippen molar-refractivity contribution in [3.8, 4) is 5.69 Å². The summed E-state index contributed by atoms with van der Waals surface area (Å²) in [5.41, 5.74) is 2.88. The van der Waals surface area contributed by atoms with Gasteiger partial charge in [-0.1, -0.05) is 17.3 Å². The van der Waals surface area contributed by atoms with Crippen LogP contribution in [-0.2, 0) is 4.79 Å². The largest absolute Gasteiger partial charge is 0.481 e. The molecule has 7 nitrogen and oxygen atoms in total. The molecule has 24 heavy (non-hydrogen) atoms. The number of nitrogens with zero attached hydrogens (tertiary/aromatic N) is 3. The van der Waals surface area contributed by atoms with Crippen LogP contribution >= 0.6 is 0 Å². The Morgan fingerprint density at radius 3 is 2.75 bits per heavy atom. The lowest BCUT2D eigenvalue weighted by Crippen LogP contribution is -2.34. The maximum absolute atomic E-state index is 12.4. The molecule has 1 fully saturated rings. The Morgan fingerprint density at radius 1 is 1.29 bits per heavy atom. The Bertz CT molecular complexity index is 784. The van der Waals surface area contributed by atoms with Crippen LogP contribution in [0.25, 0.3) is 5.69 Å². The molecule has 0 saturated heterocycles. The van der Waals surface area contributed by atoms with Gasteiger partial charge in [0, 0.05) is 6.04 Å². The van der Waals surface area contributed by atoms with E-state index < -0.39 is 5.97 Å². The molecular weight excluding hydrogens is 308 g/mol. The van der Waals surface area contributed by atoms with Gasteiger partial charge in [-0.05, 0) is 50.8 Å². The van der Waals surface area contributed by atoms with E-state index in [4.69, 9.17) is 5.11 Å². The van der Waals surface area contributed by atoms with Gasteiger partial charge in [0.25, 0.3) is 5.91 Å². The lowest BCUT2D eigenvalue weighted by Gasteiger charge is -2.11. The Kier molecular flexibility index (Phi) is 4.33. The monoisotopic (exact) mass is 328 g/mol. The molecule has 1 aromatic carbocycles. The summed E-state index contributed by atoms with van der Waals surface area (Å²) in [6, 6.07) is 7.67. The number of carbonyl (C=O) groups excluding carboxylic acids is 1. The summed E-state index contributed by atoms with van der Waals surface area (Å²) < 4.78 is 1.64. The van der Waals surface area contributed by atoms with E-state index in [2.05, 4.69) is 15.6 Å². The number of amides is 1. The number of hydrogen-bond acceptors (Lipinski definition) is 4. The first-order chi connectivity index (χ1) is 11.5. The van der Waals surface area contributed by atoms with Gasteiger partial charge in [-0.3, -0.25) is 9.59 Å². The normalized spacial score (nSPS) is 20.1. The van der Waals surface area contributed by atoms with E-state index in [1.807, 2.05) is 31.2 Å². The second kappa shape index (κ2) is 6.43. The van der Waals surface area contributed by atoms with Gasteiger partial charge in [-0.25, -0.2) is 4.68 Å². The Morgan fingerprint density at radius 2 is 2.08 bits per heavy atom. The topological polar surface area (TPSA) is 97.1 Å². The summed E-state index contributed by atoms with van der Waals surface area (Å²) in [6.45, 7) is 3.79. The van der Waals surface area contributed by atoms with Crippen molar-refractivity contribution >= 4 is 11.9 Å². The third kappa shape index (κ3) is 3.15. The fraction of sp³-hybridized carbons (Fsp3) is 0.412. The number of aromatic nitrogens is 3. The summed E-state index contributed by atoms with van der Waals surface area (Å²) in [4.78, 5) is 23.4. The molecule has 0 unspecified atom stereocenters. The number of rotatable bonds is 4. The highest BCUT2D eigenvalue weighted by Crippen LogP contribution is 2.26. The minimum Gasteiger partial charge on any atom is -0.481 e. The van der Waals surface area contributed by atoms with Crippen molar-refractivity contribution in [2.75, 3.05) is 0 Å². The summed E-state index contributed by atoms with van der Waals surface area (Å²) in [6.07, 6.45) is 1.73. The van der Waals surface area contributed by atoms with Gasteiger partial charge in [-0.2, -0.15) is 0 Å². The molecule has 1 aromatic heterocycles. The number of aliphatic carboxylic acids is 1. The molecule has 1 heterocycles. The molecule has 2 N–H and O–H groups in total. The van der Waals surface area contributed by atoms with Crippen molar-refractivity contribution in [3.63, 3.8) is 0 Å². The third-order valence-corrected chi connectivity index (χ3v) is 4.47. The van der Waals surface area contributed by atoms with Crippen molar-refractivity contribution < 1.29 is 14.7 Å². The zero-order chi connectivity index (χ0) is 17.3.